The first-order chi connectivity index (χ1) is 8.99. The summed E-state index contributed by atoms with van der Waals surface area (Å²) in [5.74, 6) is -0.988. The van der Waals surface area contributed by atoms with Crippen LogP contribution in [0.3, 0.4) is 0 Å². The highest BCUT2D eigenvalue weighted by atomic mass is 32.2. The van der Waals surface area contributed by atoms with E-state index in [9.17, 15) is 9.59 Å². The lowest BCUT2D eigenvalue weighted by atomic mass is 10.1. The zero-order chi connectivity index (χ0) is 14.4. The predicted octanol–water partition coefficient (Wildman–Crippen LogP) is 1.02. The summed E-state index contributed by atoms with van der Waals surface area (Å²) in [5, 5.41) is 9.42. The van der Waals surface area contributed by atoms with E-state index in [1.54, 1.807) is 13.8 Å². The number of aryl methyl sites for hydroxylation is 1. The molecular formula is C12H13N3O3S. The van der Waals surface area contributed by atoms with Crippen molar-refractivity contribution in [1.82, 2.24) is 4.98 Å². The molecule has 0 aromatic carbocycles. The van der Waals surface area contributed by atoms with Gasteiger partial charge in [0.25, 0.3) is 0 Å². The number of ether oxygens (including phenoxy) is 1. The van der Waals surface area contributed by atoms with Crippen molar-refractivity contribution in [3.8, 4) is 6.07 Å². The molecule has 0 bridgehead atoms. The maximum atomic E-state index is 11.7. The molecule has 0 aliphatic heterocycles. The minimum atomic E-state index is -0.518. The van der Waals surface area contributed by atoms with Crippen molar-refractivity contribution < 1.29 is 14.3 Å². The van der Waals surface area contributed by atoms with E-state index in [-0.39, 0.29) is 23.5 Å². The number of pyridine rings is 1. The zero-order valence-electron chi connectivity index (χ0n) is 10.6. The standard InChI is InChI=1S/C12H13N3O3S/c1-3-18-12(17)9-4-8(5-13)11(15-7(9)2)19-6-10(14)16/h4H,3,6H2,1-2H3,(H2,14,16). The number of nitriles is 1. The Balaban J connectivity index is 3.11. The molecule has 1 aromatic heterocycles. The van der Waals surface area contributed by atoms with Crippen molar-refractivity contribution in [2.75, 3.05) is 12.4 Å². The van der Waals surface area contributed by atoms with Crippen LogP contribution in [0.4, 0.5) is 0 Å². The molecule has 6 nitrogen and oxygen atoms in total. The van der Waals surface area contributed by atoms with E-state index in [1.165, 1.54) is 6.07 Å². The van der Waals surface area contributed by atoms with Crippen LogP contribution in [0, 0.1) is 18.3 Å². The molecule has 0 saturated carbocycles. The second-order valence-corrected chi connectivity index (χ2v) is 4.53. The number of aromatic nitrogens is 1. The number of esters is 1. The fourth-order valence-corrected chi connectivity index (χ4v) is 2.07. The molecule has 0 spiro atoms. The predicted molar refractivity (Wildman–Crippen MR) is 69.6 cm³/mol. The van der Waals surface area contributed by atoms with Gasteiger partial charge in [-0.3, -0.25) is 4.79 Å². The van der Waals surface area contributed by atoms with Crippen LogP contribution in [0.1, 0.15) is 28.5 Å². The van der Waals surface area contributed by atoms with Gasteiger partial charge in [-0.1, -0.05) is 11.8 Å². The molecule has 1 rings (SSSR count). The van der Waals surface area contributed by atoms with Crippen molar-refractivity contribution in [2.24, 2.45) is 5.73 Å². The van der Waals surface area contributed by atoms with Gasteiger partial charge in [0.2, 0.25) is 5.91 Å². The maximum Gasteiger partial charge on any atom is 0.340 e. The smallest absolute Gasteiger partial charge is 0.340 e. The van der Waals surface area contributed by atoms with Gasteiger partial charge in [-0.2, -0.15) is 5.26 Å². The molecule has 0 unspecified atom stereocenters. The molecule has 0 saturated heterocycles. The Morgan fingerprint density at radius 2 is 2.26 bits per heavy atom. The van der Waals surface area contributed by atoms with Gasteiger partial charge in [0.05, 0.1) is 29.2 Å². The highest BCUT2D eigenvalue weighted by molar-refractivity contribution is 7.99. The third-order valence-corrected chi connectivity index (χ3v) is 3.16. The van der Waals surface area contributed by atoms with Gasteiger partial charge in [0.15, 0.2) is 0 Å². The number of carbonyl (C=O) groups excluding carboxylic acids is 2. The first-order valence-electron chi connectivity index (χ1n) is 5.49. The number of nitrogens with two attached hydrogens (primary N) is 1. The Bertz CT molecular complexity index is 552. The number of amides is 1. The van der Waals surface area contributed by atoms with Crippen LogP contribution in [0.25, 0.3) is 0 Å². The average molecular weight is 279 g/mol. The summed E-state index contributed by atoms with van der Waals surface area (Å²) in [6.07, 6.45) is 0. The molecule has 100 valence electrons. The van der Waals surface area contributed by atoms with Crippen LogP contribution < -0.4 is 5.73 Å². The summed E-state index contributed by atoms with van der Waals surface area (Å²) >= 11 is 1.07. The molecule has 1 amide bonds. The molecule has 0 atom stereocenters. The third kappa shape index (κ3) is 3.96. The second-order valence-electron chi connectivity index (χ2n) is 3.56. The lowest BCUT2D eigenvalue weighted by Gasteiger charge is -2.08. The number of rotatable bonds is 5. The van der Waals surface area contributed by atoms with Crippen molar-refractivity contribution in [3.05, 3.63) is 22.9 Å². The molecule has 7 heteroatoms. The highest BCUT2D eigenvalue weighted by Crippen LogP contribution is 2.22. The van der Waals surface area contributed by atoms with E-state index in [0.717, 1.165) is 11.8 Å². The topological polar surface area (TPSA) is 106 Å². The fourth-order valence-electron chi connectivity index (χ4n) is 1.33. The molecule has 2 N–H and O–H groups in total. The largest absolute Gasteiger partial charge is 0.462 e. The summed E-state index contributed by atoms with van der Waals surface area (Å²) in [4.78, 5) is 26.5. The van der Waals surface area contributed by atoms with Crippen molar-refractivity contribution >= 4 is 23.6 Å². The van der Waals surface area contributed by atoms with Crippen LogP contribution >= 0.6 is 11.8 Å². The van der Waals surface area contributed by atoms with Crippen LogP contribution in [0.5, 0.6) is 0 Å². The third-order valence-electron chi connectivity index (χ3n) is 2.15. The van der Waals surface area contributed by atoms with E-state index < -0.39 is 11.9 Å². The summed E-state index contributed by atoms with van der Waals surface area (Å²) < 4.78 is 4.88. The monoisotopic (exact) mass is 279 g/mol. The normalized spacial score (nSPS) is 9.74. The Labute approximate surface area is 114 Å². The molecule has 1 heterocycles. The van der Waals surface area contributed by atoms with Gasteiger partial charge >= 0.3 is 5.97 Å². The van der Waals surface area contributed by atoms with Crippen molar-refractivity contribution in [2.45, 2.75) is 18.9 Å². The molecule has 0 radical (unpaired) electrons. The van der Waals surface area contributed by atoms with Gasteiger partial charge in [-0.05, 0) is 19.9 Å². The summed E-state index contributed by atoms with van der Waals surface area (Å²) in [6.45, 7) is 3.59. The van der Waals surface area contributed by atoms with Crippen molar-refractivity contribution in [3.63, 3.8) is 0 Å². The lowest BCUT2D eigenvalue weighted by molar-refractivity contribution is -0.115. The van der Waals surface area contributed by atoms with Gasteiger partial charge in [0.1, 0.15) is 11.1 Å². The van der Waals surface area contributed by atoms with Gasteiger partial charge in [-0.25, -0.2) is 9.78 Å². The van der Waals surface area contributed by atoms with Crippen LogP contribution in [0.2, 0.25) is 0 Å². The quantitative estimate of drug-likeness (QED) is 0.637. The number of nitrogens with zero attached hydrogens (tertiary/aromatic N) is 2. The first kappa shape index (κ1) is 15.0. The van der Waals surface area contributed by atoms with E-state index in [2.05, 4.69) is 4.98 Å². The van der Waals surface area contributed by atoms with Crippen LogP contribution in [-0.4, -0.2) is 29.2 Å². The Hall–Kier alpha value is -2.07. The summed E-state index contributed by atoms with van der Waals surface area (Å²) in [7, 11) is 0. The number of thioether (sulfide) groups is 1. The molecular weight excluding hydrogens is 266 g/mol. The van der Waals surface area contributed by atoms with Gasteiger partial charge in [0, 0.05) is 0 Å². The highest BCUT2D eigenvalue weighted by Gasteiger charge is 2.16. The first-order valence-corrected chi connectivity index (χ1v) is 6.48. The van der Waals surface area contributed by atoms with E-state index >= 15 is 0 Å². The summed E-state index contributed by atoms with van der Waals surface area (Å²) in [6, 6.07) is 3.36. The molecule has 0 aliphatic carbocycles. The number of carbonyl (C=O) groups is 2. The van der Waals surface area contributed by atoms with Crippen LogP contribution in [-0.2, 0) is 9.53 Å². The second kappa shape index (κ2) is 6.75. The minimum absolute atomic E-state index is 0.0277. The molecule has 0 aliphatic rings. The number of hydrogen-bond donors (Lipinski definition) is 1. The average Bonchev–Trinajstić information content (AvgIpc) is 2.36. The van der Waals surface area contributed by atoms with E-state index in [0.29, 0.717) is 10.7 Å². The number of primary amides is 1. The summed E-state index contributed by atoms with van der Waals surface area (Å²) in [5.41, 5.74) is 5.97. The fraction of sp³-hybridized carbons (Fsp3) is 0.333. The Morgan fingerprint density at radius 1 is 1.58 bits per heavy atom. The van der Waals surface area contributed by atoms with Crippen LogP contribution in [0.15, 0.2) is 11.1 Å². The van der Waals surface area contributed by atoms with E-state index in [4.69, 9.17) is 15.7 Å². The van der Waals surface area contributed by atoms with E-state index in [1.807, 2.05) is 6.07 Å². The molecule has 19 heavy (non-hydrogen) atoms. The Kier molecular flexibility index (Phi) is 5.33. The van der Waals surface area contributed by atoms with Crippen molar-refractivity contribution in [1.29, 1.82) is 5.26 Å². The number of hydrogen-bond acceptors (Lipinski definition) is 6. The molecule has 0 fully saturated rings. The minimum Gasteiger partial charge on any atom is -0.462 e. The SMILES string of the molecule is CCOC(=O)c1cc(C#N)c(SCC(N)=O)nc1C. The van der Waals surface area contributed by atoms with Gasteiger partial charge < -0.3 is 10.5 Å². The maximum absolute atomic E-state index is 11.7. The molecule has 1 aromatic rings. The zero-order valence-corrected chi connectivity index (χ0v) is 11.4. The van der Waals surface area contributed by atoms with Gasteiger partial charge in [-0.15, -0.1) is 0 Å². The Morgan fingerprint density at radius 3 is 2.79 bits per heavy atom. The lowest BCUT2D eigenvalue weighted by Crippen LogP contribution is -2.14.